The second-order valence-corrected chi connectivity index (χ2v) is 4.64. The molecule has 4 N–H and O–H groups in total. The van der Waals surface area contributed by atoms with Gasteiger partial charge in [-0.1, -0.05) is 0 Å². The number of rotatable bonds is 4. The number of carboxylic acids is 2. The van der Waals surface area contributed by atoms with E-state index in [0.717, 1.165) is 0 Å². The fourth-order valence-electron chi connectivity index (χ4n) is 1.98. The quantitative estimate of drug-likeness (QED) is 0.679. The van der Waals surface area contributed by atoms with E-state index in [0.29, 0.717) is 11.4 Å². The van der Waals surface area contributed by atoms with Gasteiger partial charge in [-0.15, -0.1) is 0 Å². The van der Waals surface area contributed by atoms with Gasteiger partial charge in [0.05, 0.1) is 11.4 Å². The molecule has 9 nitrogen and oxygen atoms in total. The average Bonchev–Trinajstić information content (AvgIpc) is 2.92. The van der Waals surface area contributed by atoms with Crippen LogP contribution in [0.15, 0.2) is 24.5 Å². The third kappa shape index (κ3) is 3.08. The van der Waals surface area contributed by atoms with E-state index < -0.39 is 18.0 Å². The summed E-state index contributed by atoms with van der Waals surface area (Å²) in [7, 11) is 3.09. The van der Waals surface area contributed by atoms with Crippen molar-refractivity contribution in [2.75, 3.05) is 10.6 Å². The van der Waals surface area contributed by atoms with Crippen LogP contribution >= 0.6 is 0 Å². The van der Waals surface area contributed by atoms with E-state index in [1.165, 1.54) is 33.7 Å². The largest absolute Gasteiger partial charge is 0.477 e. The number of nitrogens with zero attached hydrogens (tertiary/aromatic N) is 2. The standard InChI is InChI=1S/C13H14N4O5/c1-16-5-7(3-9(16)11(18)19)14-13(22)15-8-4-10(12(20)21)17(2)6-8/h3-6H,1-2H3,(H,18,19)(H,20,21)(H2,14,15,22). The first-order chi connectivity index (χ1) is 10.3. The molecule has 116 valence electrons. The van der Waals surface area contributed by atoms with Crippen LogP contribution in [0.4, 0.5) is 16.2 Å². The van der Waals surface area contributed by atoms with Crippen molar-refractivity contribution < 1.29 is 24.6 Å². The number of carbonyl (C=O) groups is 3. The Morgan fingerprint density at radius 3 is 1.50 bits per heavy atom. The van der Waals surface area contributed by atoms with Crippen molar-refractivity contribution in [1.82, 2.24) is 9.13 Å². The minimum absolute atomic E-state index is 0.0307. The fraction of sp³-hybridized carbons (Fsp3) is 0.154. The molecule has 0 fully saturated rings. The molecule has 0 aliphatic heterocycles. The van der Waals surface area contributed by atoms with Gasteiger partial charge in [0.1, 0.15) is 11.4 Å². The highest BCUT2D eigenvalue weighted by atomic mass is 16.4. The molecule has 2 amide bonds. The van der Waals surface area contributed by atoms with E-state index in [1.807, 2.05) is 0 Å². The summed E-state index contributed by atoms with van der Waals surface area (Å²) in [4.78, 5) is 33.6. The first-order valence-electron chi connectivity index (χ1n) is 6.15. The molecule has 0 aromatic carbocycles. The average molecular weight is 306 g/mol. The molecular formula is C13H14N4O5. The SMILES string of the molecule is Cn1cc(NC(=O)Nc2cc(C(=O)O)n(C)c2)cc1C(=O)O. The Balaban J connectivity index is 2.07. The Morgan fingerprint density at radius 1 is 0.864 bits per heavy atom. The van der Waals surface area contributed by atoms with E-state index >= 15 is 0 Å². The molecule has 9 heteroatoms. The predicted molar refractivity (Wildman–Crippen MR) is 77.4 cm³/mol. The molecule has 0 saturated carbocycles. The summed E-state index contributed by atoms with van der Waals surface area (Å²) < 4.78 is 2.73. The normalized spacial score (nSPS) is 10.3. The zero-order valence-electron chi connectivity index (χ0n) is 11.8. The topological polar surface area (TPSA) is 126 Å². The second-order valence-electron chi connectivity index (χ2n) is 4.64. The number of urea groups is 1. The summed E-state index contributed by atoms with van der Waals surface area (Å²) in [5.41, 5.74) is 0.685. The molecule has 0 spiro atoms. The maximum absolute atomic E-state index is 11.8. The van der Waals surface area contributed by atoms with Gasteiger partial charge in [0, 0.05) is 26.5 Å². The van der Waals surface area contributed by atoms with Crippen molar-refractivity contribution in [1.29, 1.82) is 0 Å². The van der Waals surface area contributed by atoms with Crippen molar-refractivity contribution in [2.45, 2.75) is 0 Å². The Kier molecular flexibility index (Phi) is 3.89. The number of hydrogen-bond acceptors (Lipinski definition) is 3. The van der Waals surface area contributed by atoms with E-state index in [1.54, 1.807) is 14.1 Å². The molecule has 0 bridgehead atoms. The van der Waals surface area contributed by atoms with E-state index in [9.17, 15) is 14.4 Å². The van der Waals surface area contributed by atoms with Crippen LogP contribution in [0.5, 0.6) is 0 Å². The van der Waals surface area contributed by atoms with E-state index in [4.69, 9.17) is 10.2 Å². The van der Waals surface area contributed by atoms with Gasteiger partial charge in [-0.05, 0) is 12.1 Å². The zero-order valence-corrected chi connectivity index (χ0v) is 11.8. The number of hydrogen-bond donors (Lipinski definition) is 4. The number of aryl methyl sites for hydroxylation is 2. The minimum atomic E-state index is -1.11. The summed E-state index contributed by atoms with van der Waals surface area (Å²) in [6, 6.07) is 2.02. The third-order valence-electron chi connectivity index (χ3n) is 2.96. The number of carboxylic acid groups (broad SMARTS) is 2. The van der Waals surface area contributed by atoms with Gasteiger partial charge in [-0.3, -0.25) is 0 Å². The van der Waals surface area contributed by atoms with Crippen molar-refractivity contribution in [3.05, 3.63) is 35.9 Å². The van der Waals surface area contributed by atoms with Crippen molar-refractivity contribution in [3.8, 4) is 0 Å². The molecule has 0 aliphatic rings. The van der Waals surface area contributed by atoms with Crippen LogP contribution in [0.2, 0.25) is 0 Å². The molecule has 0 aliphatic carbocycles. The number of nitrogens with one attached hydrogen (secondary N) is 2. The number of amides is 2. The van der Waals surface area contributed by atoms with E-state index in [2.05, 4.69) is 10.6 Å². The molecule has 2 aromatic rings. The lowest BCUT2D eigenvalue weighted by Gasteiger charge is -2.03. The highest BCUT2D eigenvalue weighted by Crippen LogP contribution is 2.15. The molecule has 2 rings (SSSR count). The molecule has 0 saturated heterocycles. The lowest BCUT2D eigenvalue weighted by atomic mass is 10.4. The van der Waals surface area contributed by atoms with Gasteiger partial charge < -0.3 is 30.0 Å². The van der Waals surface area contributed by atoms with Crippen LogP contribution < -0.4 is 10.6 Å². The van der Waals surface area contributed by atoms with Gasteiger partial charge in [0.2, 0.25) is 0 Å². The molecule has 0 radical (unpaired) electrons. The van der Waals surface area contributed by atoms with Crippen LogP contribution in [-0.4, -0.2) is 37.3 Å². The van der Waals surface area contributed by atoms with Gasteiger partial charge in [-0.25, -0.2) is 14.4 Å². The Bertz CT molecular complexity index is 696. The molecule has 0 atom stereocenters. The van der Waals surface area contributed by atoms with Gasteiger partial charge in [-0.2, -0.15) is 0 Å². The lowest BCUT2D eigenvalue weighted by molar-refractivity contribution is 0.0675. The molecular weight excluding hydrogens is 292 g/mol. The van der Waals surface area contributed by atoms with Crippen LogP contribution in [-0.2, 0) is 14.1 Å². The first-order valence-corrected chi connectivity index (χ1v) is 6.15. The fourth-order valence-corrected chi connectivity index (χ4v) is 1.98. The van der Waals surface area contributed by atoms with Gasteiger partial charge >= 0.3 is 18.0 Å². The number of aromatic nitrogens is 2. The smallest absolute Gasteiger partial charge is 0.352 e. The number of carbonyl (C=O) groups excluding carboxylic acids is 1. The van der Waals surface area contributed by atoms with Crippen molar-refractivity contribution in [3.63, 3.8) is 0 Å². The summed E-state index contributed by atoms with van der Waals surface area (Å²) in [6.45, 7) is 0. The molecule has 2 aromatic heterocycles. The van der Waals surface area contributed by atoms with Crippen molar-refractivity contribution >= 4 is 29.3 Å². The lowest BCUT2D eigenvalue weighted by Crippen LogP contribution is -2.18. The van der Waals surface area contributed by atoms with E-state index in [-0.39, 0.29) is 11.4 Å². The van der Waals surface area contributed by atoms with Crippen LogP contribution in [0.25, 0.3) is 0 Å². The molecule has 22 heavy (non-hydrogen) atoms. The Morgan fingerprint density at radius 2 is 1.23 bits per heavy atom. The highest BCUT2D eigenvalue weighted by molar-refractivity contribution is 6.01. The highest BCUT2D eigenvalue weighted by Gasteiger charge is 2.14. The van der Waals surface area contributed by atoms with Crippen LogP contribution in [0.1, 0.15) is 21.0 Å². The third-order valence-corrected chi connectivity index (χ3v) is 2.96. The van der Waals surface area contributed by atoms with Crippen LogP contribution in [0, 0.1) is 0 Å². The number of aromatic carboxylic acids is 2. The van der Waals surface area contributed by atoms with Crippen molar-refractivity contribution in [2.24, 2.45) is 14.1 Å². The summed E-state index contributed by atoms with van der Waals surface area (Å²) in [6.07, 6.45) is 2.91. The summed E-state index contributed by atoms with van der Waals surface area (Å²) in [5, 5.41) is 22.8. The monoisotopic (exact) mass is 306 g/mol. The summed E-state index contributed by atoms with van der Waals surface area (Å²) >= 11 is 0. The number of anilines is 2. The molecule has 2 heterocycles. The zero-order chi connectivity index (χ0) is 16.4. The maximum Gasteiger partial charge on any atom is 0.352 e. The summed E-state index contributed by atoms with van der Waals surface area (Å²) in [5.74, 6) is -2.21. The van der Waals surface area contributed by atoms with Gasteiger partial charge in [0.25, 0.3) is 0 Å². The van der Waals surface area contributed by atoms with Gasteiger partial charge in [0.15, 0.2) is 0 Å². The van der Waals surface area contributed by atoms with Crippen LogP contribution in [0.3, 0.4) is 0 Å². The first kappa shape index (κ1) is 15.2. The maximum atomic E-state index is 11.8. The Hall–Kier alpha value is -3.23. The Labute approximate surface area is 124 Å². The second kappa shape index (κ2) is 5.64. The predicted octanol–water partition coefficient (Wildman–Crippen LogP) is 1.40. The molecule has 0 unspecified atom stereocenters. The minimum Gasteiger partial charge on any atom is -0.477 e.